The Kier molecular flexibility index (Phi) is 7.13. The van der Waals surface area contributed by atoms with E-state index in [0.717, 1.165) is 0 Å². The van der Waals surface area contributed by atoms with E-state index >= 15 is 0 Å². The Morgan fingerprint density at radius 3 is 1.94 bits per heavy atom. The van der Waals surface area contributed by atoms with Gasteiger partial charge in [0, 0.05) is 18.3 Å². The molecule has 3 rings (SSSR count). The average Bonchev–Trinajstić information content (AvgIpc) is 2.79. The number of Topliss-reactive ketones (excluding diaryl/α,β-unsaturated/α-hetero) is 1. The summed E-state index contributed by atoms with van der Waals surface area (Å²) >= 11 is 0. The van der Waals surface area contributed by atoms with Gasteiger partial charge in [-0.1, -0.05) is 60.7 Å². The van der Waals surface area contributed by atoms with Crippen molar-refractivity contribution >= 4 is 17.7 Å². The monoisotopic (exact) mass is 436 g/mol. The highest BCUT2D eigenvalue weighted by atomic mass is 16.5. The van der Waals surface area contributed by atoms with Crippen molar-refractivity contribution in [1.29, 1.82) is 0 Å². The maximum Gasteiger partial charge on any atom is 0.338 e. The van der Waals surface area contributed by atoms with Crippen LogP contribution < -0.4 is 0 Å². The van der Waals surface area contributed by atoms with Gasteiger partial charge in [0.1, 0.15) is 17.0 Å². The van der Waals surface area contributed by atoms with Gasteiger partial charge < -0.3 is 14.6 Å². The molecule has 0 saturated heterocycles. The van der Waals surface area contributed by atoms with Crippen LogP contribution >= 0.6 is 0 Å². The first kappa shape index (κ1) is 23.3. The number of hydrogen-bond donors (Lipinski definition) is 1. The number of ketones is 1. The third-order valence-corrected chi connectivity index (χ3v) is 6.03. The van der Waals surface area contributed by atoms with Gasteiger partial charge in [-0.2, -0.15) is 0 Å². The highest BCUT2D eigenvalue weighted by molar-refractivity contribution is 6.08. The van der Waals surface area contributed by atoms with Gasteiger partial charge in [0.05, 0.1) is 18.8 Å². The van der Waals surface area contributed by atoms with E-state index in [9.17, 15) is 19.5 Å². The predicted octanol–water partition coefficient (Wildman–Crippen LogP) is 4.47. The van der Waals surface area contributed by atoms with Crippen molar-refractivity contribution in [3.63, 3.8) is 0 Å². The summed E-state index contributed by atoms with van der Waals surface area (Å²) in [7, 11) is 0. The van der Waals surface area contributed by atoms with Gasteiger partial charge in [-0.15, -0.1) is 0 Å². The van der Waals surface area contributed by atoms with Crippen LogP contribution in [0.5, 0.6) is 0 Å². The van der Waals surface area contributed by atoms with Gasteiger partial charge in [-0.3, -0.25) is 9.59 Å². The van der Waals surface area contributed by atoms with Gasteiger partial charge >= 0.3 is 11.9 Å². The summed E-state index contributed by atoms with van der Waals surface area (Å²) in [6, 6.07) is 17.9. The van der Waals surface area contributed by atoms with E-state index in [1.165, 1.54) is 6.92 Å². The minimum atomic E-state index is -1.76. The Bertz CT molecular complexity index is 1010. The number of rotatable bonds is 7. The maximum absolute atomic E-state index is 13.7. The lowest BCUT2D eigenvalue weighted by Gasteiger charge is -2.46. The number of ether oxygens (including phenoxy) is 2. The lowest BCUT2D eigenvalue weighted by atomic mass is 9.54. The summed E-state index contributed by atoms with van der Waals surface area (Å²) in [6.07, 6.45) is -0.0696. The molecule has 6 nitrogen and oxygen atoms in total. The largest absolute Gasteiger partial charge is 0.512 e. The highest BCUT2D eigenvalue weighted by Crippen LogP contribution is 2.58. The third kappa shape index (κ3) is 3.93. The smallest absolute Gasteiger partial charge is 0.338 e. The van der Waals surface area contributed by atoms with Crippen LogP contribution in [-0.2, 0) is 23.9 Å². The molecule has 1 N–H and O–H groups in total. The first-order valence-electron chi connectivity index (χ1n) is 10.8. The number of aliphatic hydroxyl groups excluding tert-OH is 1. The van der Waals surface area contributed by atoms with Crippen molar-refractivity contribution in [3.8, 4) is 0 Å². The molecule has 0 amide bonds. The Morgan fingerprint density at radius 2 is 1.44 bits per heavy atom. The molecule has 1 unspecified atom stereocenters. The molecule has 0 aromatic heterocycles. The van der Waals surface area contributed by atoms with Crippen LogP contribution in [0.15, 0.2) is 72.0 Å². The molecule has 168 valence electrons. The molecule has 2 aromatic rings. The van der Waals surface area contributed by atoms with E-state index in [-0.39, 0.29) is 31.0 Å². The van der Waals surface area contributed by atoms with Crippen LogP contribution in [0.1, 0.15) is 50.2 Å². The van der Waals surface area contributed by atoms with Crippen molar-refractivity contribution in [2.45, 2.75) is 39.0 Å². The molecule has 3 atom stereocenters. The fourth-order valence-electron chi connectivity index (χ4n) is 4.75. The summed E-state index contributed by atoms with van der Waals surface area (Å²) in [5, 5.41) is 11.1. The SMILES string of the molecule is CCOC(=O)C1=C(O)C[C@@H](c2ccccc2)[C@](C(C)=O)(C(=O)OCC)C1c1ccccc1. The Balaban J connectivity index is 2.41. The Labute approximate surface area is 187 Å². The lowest BCUT2D eigenvalue weighted by Crippen LogP contribution is -2.53. The first-order chi connectivity index (χ1) is 15.4. The normalized spacial score (nSPS) is 22.8. The second-order valence-corrected chi connectivity index (χ2v) is 7.74. The molecule has 0 spiro atoms. The summed E-state index contributed by atoms with van der Waals surface area (Å²) in [4.78, 5) is 40.2. The van der Waals surface area contributed by atoms with Gasteiger partial charge in [-0.25, -0.2) is 4.79 Å². The fraction of sp³-hybridized carbons (Fsp3) is 0.346. The fourth-order valence-corrected chi connectivity index (χ4v) is 4.75. The van der Waals surface area contributed by atoms with E-state index in [4.69, 9.17) is 9.47 Å². The number of carbonyl (C=O) groups is 3. The Morgan fingerprint density at radius 1 is 0.906 bits per heavy atom. The zero-order valence-corrected chi connectivity index (χ0v) is 18.5. The molecule has 6 heteroatoms. The molecule has 1 aliphatic rings. The van der Waals surface area contributed by atoms with Crippen LogP contribution in [0.4, 0.5) is 0 Å². The van der Waals surface area contributed by atoms with Crippen LogP contribution in [-0.4, -0.2) is 36.0 Å². The molecule has 2 aromatic carbocycles. The number of carbonyl (C=O) groups excluding carboxylic acids is 3. The van der Waals surface area contributed by atoms with Crippen molar-refractivity contribution in [3.05, 3.63) is 83.1 Å². The van der Waals surface area contributed by atoms with Crippen LogP contribution in [0.3, 0.4) is 0 Å². The molecule has 0 aliphatic heterocycles. The molecular weight excluding hydrogens is 408 g/mol. The standard InChI is InChI=1S/C26H28O6/c1-4-31-24(29)22-21(28)16-20(18-12-8-6-9-13-18)26(17(3)27,25(30)32-5-2)23(22)19-14-10-7-11-15-19/h6-15,20,23,28H,4-5,16H2,1-3H3/t20-,23?,26-/m0/s1. The molecule has 0 saturated carbocycles. The van der Waals surface area contributed by atoms with Gasteiger partial charge in [0.2, 0.25) is 0 Å². The van der Waals surface area contributed by atoms with E-state index in [1.54, 1.807) is 44.2 Å². The zero-order valence-electron chi connectivity index (χ0n) is 18.5. The van der Waals surface area contributed by atoms with Crippen LogP contribution in [0, 0.1) is 5.41 Å². The molecule has 1 aliphatic carbocycles. The van der Waals surface area contributed by atoms with Gasteiger partial charge in [-0.05, 0) is 31.9 Å². The molecular formula is C26H28O6. The topological polar surface area (TPSA) is 89.9 Å². The average molecular weight is 437 g/mol. The minimum Gasteiger partial charge on any atom is -0.512 e. The first-order valence-corrected chi connectivity index (χ1v) is 10.8. The number of hydrogen-bond acceptors (Lipinski definition) is 6. The minimum absolute atomic E-state index is 0.0696. The second-order valence-electron chi connectivity index (χ2n) is 7.74. The zero-order chi connectivity index (χ0) is 23.3. The number of esters is 2. The molecule has 0 bridgehead atoms. The van der Waals surface area contributed by atoms with Crippen LogP contribution in [0.2, 0.25) is 0 Å². The van der Waals surface area contributed by atoms with E-state index in [0.29, 0.717) is 11.1 Å². The number of benzene rings is 2. The second kappa shape index (κ2) is 9.81. The predicted molar refractivity (Wildman–Crippen MR) is 119 cm³/mol. The van der Waals surface area contributed by atoms with E-state index in [2.05, 4.69) is 0 Å². The number of allylic oxidation sites excluding steroid dienone is 1. The number of aliphatic hydroxyl groups is 1. The quantitative estimate of drug-likeness (QED) is 0.509. The van der Waals surface area contributed by atoms with Crippen molar-refractivity contribution < 1.29 is 29.0 Å². The van der Waals surface area contributed by atoms with Gasteiger partial charge in [0.15, 0.2) is 0 Å². The summed E-state index contributed by atoms with van der Waals surface area (Å²) < 4.78 is 10.7. The lowest BCUT2D eigenvalue weighted by molar-refractivity contribution is -0.164. The molecule has 0 radical (unpaired) electrons. The van der Waals surface area contributed by atoms with Crippen LogP contribution in [0.25, 0.3) is 0 Å². The van der Waals surface area contributed by atoms with Crippen molar-refractivity contribution in [2.24, 2.45) is 5.41 Å². The van der Waals surface area contributed by atoms with Crippen molar-refractivity contribution in [1.82, 2.24) is 0 Å². The van der Waals surface area contributed by atoms with Crippen molar-refractivity contribution in [2.75, 3.05) is 13.2 Å². The summed E-state index contributed by atoms with van der Waals surface area (Å²) in [5.74, 6) is -3.90. The molecule has 0 fully saturated rings. The van der Waals surface area contributed by atoms with E-state index < -0.39 is 35.0 Å². The molecule has 0 heterocycles. The maximum atomic E-state index is 13.7. The summed E-state index contributed by atoms with van der Waals surface area (Å²) in [6.45, 7) is 4.83. The highest BCUT2D eigenvalue weighted by Gasteiger charge is 2.62. The molecule has 32 heavy (non-hydrogen) atoms. The third-order valence-electron chi connectivity index (χ3n) is 6.03. The Hall–Kier alpha value is -3.41. The summed E-state index contributed by atoms with van der Waals surface area (Å²) in [5.41, 5.74) is -0.585. The van der Waals surface area contributed by atoms with Gasteiger partial charge in [0.25, 0.3) is 0 Å². The van der Waals surface area contributed by atoms with E-state index in [1.807, 2.05) is 30.3 Å².